The Morgan fingerprint density at radius 2 is 2.06 bits per heavy atom. The molecule has 2 fully saturated rings. The minimum Gasteiger partial charge on any atom is -0.278 e. The quantitative estimate of drug-likeness (QED) is 0.703. The SMILES string of the molecule is CC(C)C1(C)CC(=O)N(C2CCCC2C#N)C1=O. The second kappa shape index (κ2) is 4.38. The second-order valence-corrected chi connectivity index (χ2v) is 6.05. The zero-order valence-electron chi connectivity index (χ0n) is 11.3. The van der Waals surface area contributed by atoms with Crippen molar-refractivity contribution in [3.05, 3.63) is 0 Å². The molecule has 3 atom stereocenters. The first-order valence-corrected chi connectivity index (χ1v) is 6.68. The molecular weight excluding hydrogens is 228 g/mol. The molecule has 4 nitrogen and oxygen atoms in total. The third-order valence-corrected chi connectivity index (χ3v) is 4.75. The number of hydrogen-bond donors (Lipinski definition) is 0. The third-order valence-electron chi connectivity index (χ3n) is 4.75. The van der Waals surface area contributed by atoms with Crippen molar-refractivity contribution >= 4 is 11.8 Å². The van der Waals surface area contributed by atoms with Gasteiger partial charge in [-0.05, 0) is 32.1 Å². The molecule has 0 N–H and O–H groups in total. The van der Waals surface area contributed by atoms with Gasteiger partial charge in [-0.2, -0.15) is 5.26 Å². The Bertz CT molecular complexity index is 424. The molecule has 0 radical (unpaired) electrons. The van der Waals surface area contributed by atoms with E-state index < -0.39 is 5.41 Å². The number of hydrogen-bond acceptors (Lipinski definition) is 3. The van der Waals surface area contributed by atoms with Crippen molar-refractivity contribution in [1.29, 1.82) is 5.26 Å². The van der Waals surface area contributed by atoms with Gasteiger partial charge in [0, 0.05) is 6.42 Å². The van der Waals surface area contributed by atoms with Crippen LogP contribution < -0.4 is 0 Å². The number of imide groups is 1. The van der Waals surface area contributed by atoms with E-state index in [-0.39, 0.29) is 36.1 Å². The van der Waals surface area contributed by atoms with Crippen LogP contribution in [-0.2, 0) is 9.59 Å². The van der Waals surface area contributed by atoms with Crippen molar-refractivity contribution in [2.24, 2.45) is 17.3 Å². The molecule has 1 aliphatic heterocycles. The lowest BCUT2D eigenvalue weighted by Gasteiger charge is -2.29. The summed E-state index contributed by atoms with van der Waals surface area (Å²) >= 11 is 0. The van der Waals surface area contributed by atoms with Gasteiger partial charge in [-0.25, -0.2) is 0 Å². The number of carbonyl (C=O) groups is 2. The topological polar surface area (TPSA) is 61.2 Å². The maximum absolute atomic E-state index is 12.5. The van der Waals surface area contributed by atoms with Crippen LogP contribution in [0.3, 0.4) is 0 Å². The predicted molar refractivity (Wildman–Crippen MR) is 66.2 cm³/mol. The highest BCUT2D eigenvalue weighted by Crippen LogP contribution is 2.43. The Kier molecular flexibility index (Phi) is 3.18. The lowest BCUT2D eigenvalue weighted by molar-refractivity contribution is -0.145. The molecular formula is C14H20N2O2. The van der Waals surface area contributed by atoms with Crippen molar-refractivity contribution in [1.82, 2.24) is 4.90 Å². The molecule has 0 aromatic rings. The monoisotopic (exact) mass is 248 g/mol. The molecule has 2 amide bonds. The molecule has 1 aliphatic carbocycles. The Hall–Kier alpha value is -1.37. The van der Waals surface area contributed by atoms with E-state index in [2.05, 4.69) is 6.07 Å². The average Bonchev–Trinajstić information content (AvgIpc) is 2.84. The maximum atomic E-state index is 12.5. The molecule has 3 unspecified atom stereocenters. The van der Waals surface area contributed by atoms with E-state index in [9.17, 15) is 9.59 Å². The molecule has 2 rings (SSSR count). The van der Waals surface area contributed by atoms with Crippen LogP contribution in [0.5, 0.6) is 0 Å². The van der Waals surface area contributed by atoms with Crippen LogP contribution in [0.1, 0.15) is 46.5 Å². The van der Waals surface area contributed by atoms with E-state index in [4.69, 9.17) is 5.26 Å². The number of likely N-dealkylation sites (tertiary alicyclic amines) is 1. The van der Waals surface area contributed by atoms with Crippen molar-refractivity contribution in [3.8, 4) is 6.07 Å². The van der Waals surface area contributed by atoms with Crippen LogP contribution in [0, 0.1) is 28.6 Å². The van der Waals surface area contributed by atoms with Gasteiger partial charge >= 0.3 is 0 Å². The summed E-state index contributed by atoms with van der Waals surface area (Å²) in [6, 6.07) is 2.06. The van der Waals surface area contributed by atoms with Gasteiger partial charge in [0.05, 0.1) is 23.4 Å². The van der Waals surface area contributed by atoms with Crippen LogP contribution in [-0.4, -0.2) is 22.8 Å². The number of carbonyl (C=O) groups excluding carboxylic acids is 2. The Morgan fingerprint density at radius 1 is 1.39 bits per heavy atom. The van der Waals surface area contributed by atoms with Crippen LogP contribution >= 0.6 is 0 Å². The summed E-state index contributed by atoms with van der Waals surface area (Å²) in [5.41, 5.74) is -0.584. The van der Waals surface area contributed by atoms with Gasteiger partial charge in [-0.3, -0.25) is 14.5 Å². The largest absolute Gasteiger partial charge is 0.278 e. The molecule has 1 saturated carbocycles. The summed E-state index contributed by atoms with van der Waals surface area (Å²) in [5, 5.41) is 9.11. The van der Waals surface area contributed by atoms with Crippen LogP contribution in [0.4, 0.5) is 0 Å². The van der Waals surface area contributed by atoms with Gasteiger partial charge in [-0.15, -0.1) is 0 Å². The van der Waals surface area contributed by atoms with E-state index in [1.54, 1.807) is 0 Å². The maximum Gasteiger partial charge on any atom is 0.236 e. The Balaban J connectivity index is 2.28. The zero-order valence-corrected chi connectivity index (χ0v) is 11.3. The molecule has 4 heteroatoms. The summed E-state index contributed by atoms with van der Waals surface area (Å²) < 4.78 is 0. The molecule has 2 aliphatic rings. The first-order valence-electron chi connectivity index (χ1n) is 6.68. The fourth-order valence-corrected chi connectivity index (χ4v) is 3.05. The molecule has 1 saturated heterocycles. The van der Waals surface area contributed by atoms with Gasteiger partial charge in [0.25, 0.3) is 0 Å². The highest BCUT2D eigenvalue weighted by Gasteiger charge is 2.53. The fourth-order valence-electron chi connectivity index (χ4n) is 3.05. The van der Waals surface area contributed by atoms with Crippen LogP contribution in [0.25, 0.3) is 0 Å². The number of nitriles is 1. The lowest BCUT2D eigenvalue weighted by Crippen LogP contribution is -2.44. The summed E-state index contributed by atoms with van der Waals surface area (Å²) in [5.74, 6) is -0.202. The predicted octanol–water partition coefficient (Wildman–Crippen LogP) is 2.10. The van der Waals surface area contributed by atoms with E-state index in [1.165, 1.54) is 4.90 Å². The molecule has 1 heterocycles. The van der Waals surface area contributed by atoms with Crippen molar-refractivity contribution < 1.29 is 9.59 Å². The van der Waals surface area contributed by atoms with Gasteiger partial charge < -0.3 is 0 Å². The standard InChI is InChI=1S/C14H20N2O2/c1-9(2)14(3)7-12(17)16(13(14)18)11-6-4-5-10(11)8-15/h9-11H,4-7H2,1-3H3. The number of nitrogens with zero attached hydrogens (tertiary/aromatic N) is 2. The van der Waals surface area contributed by atoms with E-state index in [1.807, 2.05) is 20.8 Å². The highest BCUT2D eigenvalue weighted by molar-refractivity contribution is 6.06. The average molecular weight is 248 g/mol. The highest BCUT2D eigenvalue weighted by atomic mass is 16.2. The van der Waals surface area contributed by atoms with E-state index in [0.717, 1.165) is 19.3 Å². The molecule has 0 bridgehead atoms. The summed E-state index contributed by atoms with van der Waals surface area (Å²) in [7, 11) is 0. The van der Waals surface area contributed by atoms with Crippen LogP contribution in [0.15, 0.2) is 0 Å². The molecule has 0 spiro atoms. The third kappa shape index (κ3) is 1.73. The summed E-state index contributed by atoms with van der Waals surface area (Å²) in [6.07, 6.45) is 2.80. The van der Waals surface area contributed by atoms with Crippen LogP contribution in [0.2, 0.25) is 0 Å². The molecule has 0 aromatic carbocycles. The van der Waals surface area contributed by atoms with Crippen molar-refractivity contribution in [2.75, 3.05) is 0 Å². The number of rotatable bonds is 2. The summed E-state index contributed by atoms with van der Waals surface area (Å²) in [6.45, 7) is 5.82. The Morgan fingerprint density at radius 3 is 2.56 bits per heavy atom. The van der Waals surface area contributed by atoms with Crippen molar-refractivity contribution in [3.63, 3.8) is 0 Å². The lowest BCUT2D eigenvalue weighted by atomic mass is 9.77. The Labute approximate surface area is 108 Å². The number of amides is 2. The first-order chi connectivity index (χ1) is 8.41. The fraction of sp³-hybridized carbons (Fsp3) is 0.786. The van der Waals surface area contributed by atoms with E-state index >= 15 is 0 Å². The second-order valence-electron chi connectivity index (χ2n) is 6.05. The molecule has 98 valence electrons. The normalized spacial score (nSPS) is 36.5. The minimum absolute atomic E-state index is 0.0744. The molecule has 0 aromatic heterocycles. The van der Waals surface area contributed by atoms with Gasteiger partial charge in [0.2, 0.25) is 11.8 Å². The van der Waals surface area contributed by atoms with Crippen molar-refractivity contribution in [2.45, 2.75) is 52.5 Å². The van der Waals surface area contributed by atoms with Gasteiger partial charge in [0.15, 0.2) is 0 Å². The zero-order chi connectivity index (χ0) is 13.5. The first kappa shape index (κ1) is 13.1. The summed E-state index contributed by atoms with van der Waals surface area (Å²) in [4.78, 5) is 26.1. The van der Waals surface area contributed by atoms with Gasteiger partial charge in [-0.1, -0.05) is 13.8 Å². The minimum atomic E-state index is -0.584. The smallest absolute Gasteiger partial charge is 0.236 e. The van der Waals surface area contributed by atoms with E-state index in [0.29, 0.717) is 0 Å². The van der Waals surface area contributed by atoms with Gasteiger partial charge in [0.1, 0.15) is 0 Å². The molecule has 18 heavy (non-hydrogen) atoms.